The van der Waals surface area contributed by atoms with Gasteiger partial charge in [0.1, 0.15) is 29.7 Å². The maximum Gasteiger partial charge on any atom is 0.249 e. The van der Waals surface area contributed by atoms with Gasteiger partial charge in [-0.25, -0.2) is 9.07 Å². The number of hydrogen-bond acceptors (Lipinski definition) is 5. The van der Waals surface area contributed by atoms with E-state index in [-0.39, 0.29) is 19.0 Å². The number of carbonyl (C=O) groups is 2. The van der Waals surface area contributed by atoms with Crippen molar-refractivity contribution in [2.24, 2.45) is 0 Å². The summed E-state index contributed by atoms with van der Waals surface area (Å²) in [4.78, 5) is 29.0. The Kier molecular flexibility index (Phi) is 6.76. The van der Waals surface area contributed by atoms with Gasteiger partial charge in [-0.3, -0.25) is 14.5 Å². The number of carbonyl (C=O) groups excluding carboxylic acids is 2. The molecular weight excluding hydrogens is 473 g/mol. The quantitative estimate of drug-likeness (QED) is 0.339. The number of furan rings is 1. The van der Waals surface area contributed by atoms with Crippen LogP contribution in [0.4, 0.5) is 10.1 Å². The zero-order valence-electron chi connectivity index (χ0n) is 20.0. The molecule has 0 saturated heterocycles. The molecule has 9 heteroatoms. The van der Waals surface area contributed by atoms with Crippen LogP contribution in [0.5, 0.6) is 0 Å². The number of fused-ring (bicyclic) bond motifs is 1. The first-order chi connectivity index (χ1) is 18.0. The summed E-state index contributed by atoms with van der Waals surface area (Å²) in [7, 11) is 0. The number of anilines is 1. The second-order valence-electron chi connectivity index (χ2n) is 8.59. The minimum atomic E-state index is -1.08. The van der Waals surface area contributed by atoms with Crippen molar-refractivity contribution in [3.63, 3.8) is 0 Å². The lowest BCUT2D eigenvalue weighted by atomic mass is 10.0. The Bertz CT molecular complexity index is 1530. The first-order valence-electron chi connectivity index (χ1n) is 11.7. The van der Waals surface area contributed by atoms with Crippen LogP contribution in [-0.2, 0) is 22.7 Å². The molecule has 2 heterocycles. The Balaban J connectivity index is 1.56. The highest BCUT2D eigenvalue weighted by molar-refractivity contribution is 6.01. The lowest BCUT2D eigenvalue weighted by Crippen LogP contribution is -2.45. The van der Waals surface area contributed by atoms with Crippen molar-refractivity contribution in [3.8, 4) is 0 Å². The molecule has 186 valence electrons. The van der Waals surface area contributed by atoms with E-state index in [1.54, 1.807) is 18.2 Å². The van der Waals surface area contributed by atoms with Crippen LogP contribution in [0.2, 0.25) is 0 Å². The number of para-hydroxylation sites is 1. The van der Waals surface area contributed by atoms with Gasteiger partial charge >= 0.3 is 0 Å². The third-order valence-electron chi connectivity index (χ3n) is 5.96. The average molecular weight is 498 g/mol. The van der Waals surface area contributed by atoms with Gasteiger partial charge in [-0.05, 0) is 66.6 Å². The van der Waals surface area contributed by atoms with E-state index in [2.05, 4.69) is 15.6 Å². The van der Waals surface area contributed by atoms with Crippen molar-refractivity contribution in [2.45, 2.75) is 26.1 Å². The topological polar surface area (TPSA) is 93.3 Å². The number of halogens is 1. The molecule has 2 amide bonds. The van der Waals surface area contributed by atoms with Gasteiger partial charge in [-0.2, -0.15) is 0 Å². The normalized spacial score (nSPS) is 11.8. The Morgan fingerprint density at radius 2 is 1.84 bits per heavy atom. The van der Waals surface area contributed by atoms with Gasteiger partial charge in [0.15, 0.2) is 0 Å². The molecule has 5 aromatic rings. The van der Waals surface area contributed by atoms with E-state index in [0.717, 1.165) is 5.56 Å². The van der Waals surface area contributed by atoms with E-state index in [4.69, 9.17) is 4.42 Å². The van der Waals surface area contributed by atoms with Gasteiger partial charge in [0.2, 0.25) is 11.8 Å². The number of nitrogens with one attached hydrogen (secondary N) is 1. The lowest BCUT2D eigenvalue weighted by molar-refractivity contribution is -0.127. The zero-order chi connectivity index (χ0) is 25.8. The Morgan fingerprint density at radius 3 is 2.59 bits per heavy atom. The summed E-state index contributed by atoms with van der Waals surface area (Å²) in [6.07, 6.45) is 1.52. The highest BCUT2D eigenvalue weighted by Gasteiger charge is 2.33. The molecule has 0 bridgehead atoms. The van der Waals surface area contributed by atoms with Crippen LogP contribution in [0.25, 0.3) is 11.0 Å². The molecule has 0 fully saturated rings. The van der Waals surface area contributed by atoms with Crippen LogP contribution >= 0.6 is 0 Å². The highest BCUT2D eigenvalue weighted by atomic mass is 19.1. The third-order valence-corrected chi connectivity index (χ3v) is 5.96. The number of rotatable bonds is 8. The lowest BCUT2D eigenvalue weighted by Gasteiger charge is -2.31. The molecular formula is C28H24FN5O3. The third kappa shape index (κ3) is 5.25. The van der Waals surface area contributed by atoms with E-state index in [9.17, 15) is 14.0 Å². The van der Waals surface area contributed by atoms with Gasteiger partial charge in [-0.1, -0.05) is 41.6 Å². The molecule has 0 unspecified atom stereocenters. The summed E-state index contributed by atoms with van der Waals surface area (Å²) in [6.45, 7) is 1.88. The van der Waals surface area contributed by atoms with Crippen molar-refractivity contribution in [2.75, 3.05) is 4.90 Å². The smallest absolute Gasteiger partial charge is 0.249 e. The Labute approximate surface area is 212 Å². The number of nitrogens with zero attached hydrogens (tertiary/aromatic N) is 4. The van der Waals surface area contributed by atoms with Gasteiger partial charge in [0.25, 0.3) is 0 Å². The van der Waals surface area contributed by atoms with Crippen LogP contribution in [-0.4, -0.2) is 26.8 Å². The largest absolute Gasteiger partial charge is 0.467 e. The molecule has 0 radical (unpaired) electrons. The zero-order valence-corrected chi connectivity index (χ0v) is 20.0. The molecule has 37 heavy (non-hydrogen) atoms. The molecule has 0 spiro atoms. The summed E-state index contributed by atoms with van der Waals surface area (Å²) in [5.74, 6) is -0.709. The first-order valence-corrected chi connectivity index (χ1v) is 11.7. The number of amides is 2. The molecule has 8 nitrogen and oxygen atoms in total. The van der Waals surface area contributed by atoms with Crippen molar-refractivity contribution >= 4 is 28.5 Å². The summed E-state index contributed by atoms with van der Waals surface area (Å²) in [6, 6.07) is 22.6. The van der Waals surface area contributed by atoms with Crippen molar-refractivity contribution in [1.29, 1.82) is 0 Å². The maximum atomic E-state index is 13.9. The fourth-order valence-electron chi connectivity index (χ4n) is 4.20. The molecule has 3 aromatic carbocycles. The van der Waals surface area contributed by atoms with Crippen LogP contribution < -0.4 is 10.2 Å². The summed E-state index contributed by atoms with van der Waals surface area (Å²) in [5.41, 5.74) is 3.24. The van der Waals surface area contributed by atoms with Crippen LogP contribution in [0.1, 0.15) is 22.9 Å². The molecule has 0 aliphatic heterocycles. The predicted molar refractivity (Wildman–Crippen MR) is 136 cm³/mol. The summed E-state index contributed by atoms with van der Waals surface area (Å²) < 4.78 is 20.7. The fraction of sp³-hybridized carbons (Fsp3) is 0.143. The van der Waals surface area contributed by atoms with Gasteiger partial charge in [0, 0.05) is 5.69 Å². The summed E-state index contributed by atoms with van der Waals surface area (Å²) in [5, 5.41) is 11.1. The van der Waals surface area contributed by atoms with Gasteiger partial charge in [0.05, 0.1) is 18.3 Å². The predicted octanol–water partition coefficient (Wildman–Crippen LogP) is 4.56. The number of aromatic nitrogens is 3. The van der Waals surface area contributed by atoms with Crippen molar-refractivity contribution in [1.82, 2.24) is 20.3 Å². The molecule has 0 aliphatic rings. The van der Waals surface area contributed by atoms with Crippen LogP contribution in [0, 0.1) is 12.7 Å². The average Bonchev–Trinajstić information content (AvgIpc) is 3.57. The van der Waals surface area contributed by atoms with Crippen LogP contribution in [0.15, 0.2) is 95.6 Å². The minimum Gasteiger partial charge on any atom is -0.467 e. The van der Waals surface area contributed by atoms with Crippen molar-refractivity contribution in [3.05, 3.63) is 114 Å². The number of hydrogen-bond donors (Lipinski definition) is 1. The highest BCUT2D eigenvalue weighted by Crippen LogP contribution is 2.30. The minimum absolute atomic E-state index is 0.132. The maximum absolute atomic E-state index is 13.9. The number of benzene rings is 3. The van der Waals surface area contributed by atoms with E-state index in [0.29, 0.717) is 28.0 Å². The Morgan fingerprint density at radius 1 is 1.03 bits per heavy atom. The molecule has 1 N–H and O–H groups in total. The van der Waals surface area contributed by atoms with E-state index in [1.165, 1.54) is 40.1 Å². The van der Waals surface area contributed by atoms with Crippen molar-refractivity contribution < 1.29 is 18.4 Å². The molecule has 5 rings (SSSR count). The second kappa shape index (κ2) is 10.4. The standard InChI is InChI=1S/C28H24FN5O3/c1-19-6-4-7-22(16-19)34(26(35)18-33-25-10-3-2-9-24(25)31-32-33)27(20-11-13-21(29)14-12-20)28(36)30-17-23-8-5-15-37-23/h2-16,27H,17-18H2,1H3,(H,30,36)/t27-/m0/s1. The van der Waals surface area contributed by atoms with E-state index in [1.807, 2.05) is 49.4 Å². The monoisotopic (exact) mass is 497 g/mol. The van der Waals surface area contributed by atoms with Gasteiger partial charge < -0.3 is 9.73 Å². The second-order valence-corrected chi connectivity index (χ2v) is 8.59. The number of aryl methyl sites for hydroxylation is 1. The summed E-state index contributed by atoms with van der Waals surface area (Å²) >= 11 is 0. The molecule has 0 aliphatic carbocycles. The Hall–Kier alpha value is -4.79. The SMILES string of the molecule is Cc1cccc(N(C(=O)Cn2nnc3ccccc32)[C@H](C(=O)NCc2ccco2)c2ccc(F)cc2)c1. The molecule has 0 saturated carbocycles. The fourth-order valence-corrected chi connectivity index (χ4v) is 4.20. The first kappa shape index (κ1) is 23.9. The van der Waals surface area contributed by atoms with Crippen LogP contribution in [0.3, 0.4) is 0 Å². The van der Waals surface area contributed by atoms with E-state index >= 15 is 0 Å². The molecule has 2 aromatic heterocycles. The van der Waals surface area contributed by atoms with Gasteiger partial charge in [-0.15, -0.1) is 5.10 Å². The van der Waals surface area contributed by atoms with E-state index < -0.39 is 17.8 Å². The molecule has 1 atom stereocenters.